The third-order valence-corrected chi connectivity index (χ3v) is 6.45. The Labute approximate surface area is 158 Å². The summed E-state index contributed by atoms with van der Waals surface area (Å²) < 4.78 is 1.53. The van der Waals surface area contributed by atoms with Crippen LogP contribution in [0, 0.1) is 0 Å². The Hall–Kier alpha value is -1.73. The first-order valence-electron chi connectivity index (χ1n) is 9.39. The van der Waals surface area contributed by atoms with Gasteiger partial charge in [0.2, 0.25) is 5.91 Å². The molecule has 0 aromatic carbocycles. The maximum atomic E-state index is 12.4. The van der Waals surface area contributed by atoms with Gasteiger partial charge in [-0.2, -0.15) is 0 Å². The van der Waals surface area contributed by atoms with Crippen LogP contribution >= 0.6 is 11.3 Å². The zero-order valence-corrected chi connectivity index (χ0v) is 16.5. The molecule has 1 aliphatic carbocycles. The molecule has 3 rings (SSSR count). The molecule has 7 heteroatoms. The van der Waals surface area contributed by atoms with Gasteiger partial charge in [-0.05, 0) is 38.4 Å². The topological polar surface area (TPSA) is 67.2 Å². The molecule has 1 fully saturated rings. The average Bonchev–Trinajstić information content (AvgIpc) is 2.97. The number of carbonyl (C=O) groups is 1. The van der Waals surface area contributed by atoms with Gasteiger partial charge in [0.1, 0.15) is 4.83 Å². The van der Waals surface area contributed by atoms with E-state index < -0.39 is 0 Å². The average molecular weight is 377 g/mol. The highest BCUT2D eigenvalue weighted by molar-refractivity contribution is 7.16. The van der Waals surface area contributed by atoms with Gasteiger partial charge in [-0.1, -0.05) is 25.7 Å². The number of nitrogens with one attached hydrogen (secondary N) is 1. The highest BCUT2D eigenvalue weighted by Crippen LogP contribution is 2.30. The molecular weight excluding hydrogens is 348 g/mol. The molecule has 0 unspecified atom stereocenters. The Bertz CT molecular complexity index is 803. The van der Waals surface area contributed by atoms with Gasteiger partial charge < -0.3 is 10.2 Å². The van der Waals surface area contributed by atoms with Gasteiger partial charge >= 0.3 is 0 Å². The molecule has 1 N–H and O–H groups in total. The number of likely N-dealkylation sites (N-methyl/N-ethyl adjacent to an activating group) is 1. The van der Waals surface area contributed by atoms with Crippen molar-refractivity contribution < 1.29 is 4.79 Å². The molecule has 1 amide bonds. The molecule has 2 aromatic heterocycles. The third-order valence-electron chi connectivity index (χ3n) is 5.63. The predicted molar refractivity (Wildman–Crippen MR) is 106 cm³/mol. The quantitative estimate of drug-likeness (QED) is 0.787. The molecule has 2 aromatic rings. The summed E-state index contributed by atoms with van der Waals surface area (Å²) in [7, 11) is 4.22. The van der Waals surface area contributed by atoms with Crippen molar-refractivity contribution in [3.63, 3.8) is 0 Å². The van der Waals surface area contributed by atoms with E-state index >= 15 is 0 Å². The molecular formula is C19H28N4O2S. The lowest BCUT2D eigenvalue weighted by Gasteiger charge is -2.39. The third kappa shape index (κ3) is 4.15. The van der Waals surface area contributed by atoms with Crippen molar-refractivity contribution in [3.05, 3.63) is 28.1 Å². The summed E-state index contributed by atoms with van der Waals surface area (Å²) in [6.45, 7) is 1.04. The van der Waals surface area contributed by atoms with Gasteiger partial charge in [0.25, 0.3) is 5.56 Å². The number of carbonyl (C=O) groups excluding carboxylic acids is 1. The molecule has 0 aliphatic heterocycles. The maximum absolute atomic E-state index is 12.4. The van der Waals surface area contributed by atoms with E-state index in [1.54, 1.807) is 12.4 Å². The lowest BCUT2D eigenvalue weighted by molar-refractivity contribution is -0.122. The summed E-state index contributed by atoms with van der Waals surface area (Å²) in [6.07, 6.45) is 9.08. The van der Waals surface area contributed by atoms with Crippen molar-refractivity contribution in [2.24, 2.45) is 0 Å². The van der Waals surface area contributed by atoms with Gasteiger partial charge in [-0.3, -0.25) is 14.2 Å². The van der Waals surface area contributed by atoms with Crippen LogP contribution in [-0.2, 0) is 11.3 Å². The second kappa shape index (κ2) is 8.31. The van der Waals surface area contributed by atoms with E-state index in [-0.39, 0.29) is 17.0 Å². The zero-order valence-electron chi connectivity index (χ0n) is 15.7. The minimum Gasteiger partial charge on any atom is -0.354 e. The molecule has 26 heavy (non-hydrogen) atoms. The van der Waals surface area contributed by atoms with E-state index in [0.29, 0.717) is 24.9 Å². The Morgan fingerprint density at radius 2 is 2.04 bits per heavy atom. The minimum atomic E-state index is -0.0717. The number of hydrogen-bond acceptors (Lipinski definition) is 5. The number of thiophene rings is 1. The van der Waals surface area contributed by atoms with Crippen LogP contribution in [0.5, 0.6) is 0 Å². The minimum absolute atomic E-state index is 0.00668. The van der Waals surface area contributed by atoms with E-state index in [4.69, 9.17) is 0 Å². The SMILES string of the molecule is CN(C)C1(CNC(=O)CCn2cnc3sccc3c2=O)CCCCCC1. The summed E-state index contributed by atoms with van der Waals surface area (Å²) in [6, 6.07) is 1.79. The number of amides is 1. The molecule has 1 aliphatic rings. The summed E-state index contributed by atoms with van der Waals surface area (Å²) in [5.74, 6) is -0.00668. The molecule has 0 spiro atoms. The molecule has 6 nitrogen and oxygen atoms in total. The van der Waals surface area contributed by atoms with Crippen LogP contribution in [0.3, 0.4) is 0 Å². The molecule has 0 radical (unpaired) electrons. The normalized spacial score (nSPS) is 17.3. The smallest absolute Gasteiger partial charge is 0.262 e. The van der Waals surface area contributed by atoms with E-state index in [2.05, 4.69) is 29.3 Å². The van der Waals surface area contributed by atoms with Crippen LogP contribution in [0.15, 0.2) is 22.6 Å². The van der Waals surface area contributed by atoms with Crippen LogP contribution < -0.4 is 10.9 Å². The molecule has 1 saturated carbocycles. The van der Waals surface area contributed by atoms with Crippen LogP contribution in [0.2, 0.25) is 0 Å². The number of rotatable bonds is 6. The highest BCUT2D eigenvalue weighted by atomic mass is 32.1. The van der Waals surface area contributed by atoms with Gasteiger partial charge in [0, 0.05) is 25.0 Å². The molecule has 0 bridgehead atoms. The molecule has 142 valence electrons. The van der Waals surface area contributed by atoms with E-state index in [1.165, 1.54) is 41.6 Å². The number of fused-ring (bicyclic) bond motifs is 1. The van der Waals surface area contributed by atoms with Crippen molar-refractivity contribution >= 4 is 27.5 Å². The fraction of sp³-hybridized carbons (Fsp3) is 0.632. The Morgan fingerprint density at radius 1 is 1.31 bits per heavy atom. The number of hydrogen-bond donors (Lipinski definition) is 1. The summed E-state index contributed by atoms with van der Waals surface area (Å²) in [4.78, 5) is 32.1. The largest absolute Gasteiger partial charge is 0.354 e. The lowest BCUT2D eigenvalue weighted by Crippen LogP contribution is -2.52. The standard InChI is InChI=1S/C19H28N4O2S/c1-22(2)19(9-5-3-4-6-10-19)13-20-16(24)7-11-23-14-21-17-15(18(23)25)8-12-26-17/h8,12,14H,3-7,9-11,13H2,1-2H3,(H,20,24). The number of aryl methyl sites for hydroxylation is 1. The van der Waals surface area contributed by atoms with Gasteiger partial charge in [-0.25, -0.2) is 4.98 Å². The van der Waals surface area contributed by atoms with Crippen molar-refractivity contribution in [1.82, 2.24) is 19.8 Å². The first-order chi connectivity index (χ1) is 12.5. The summed E-state index contributed by atoms with van der Waals surface area (Å²) >= 11 is 1.45. The van der Waals surface area contributed by atoms with Crippen molar-refractivity contribution in [1.29, 1.82) is 0 Å². The van der Waals surface area contributed by atoms with Crippen molar-refractivity contribution in [3.8, 4) is 0 Å². The molecule has 2 heterocycles. The fourth-order valence-corrected chi connectivity index (χ4v) is 4.52. The Morgan fingerprint density at radius 3 is 2.73 bits per heavy atom. The van der Waals surface area contributed by atoms with E-state index in [9.17, 15) is 9.59 Å². The Balaban J connectivity index is 1.57. The van der Waals surface area contributed by atoms with Crippen molar-refractivity contribution in [2.75, 3.05) is 20.6 Å². The fourth-order valence-electron chi connectivity index (χ4n) is 3.79. The number of aromatic nitrogens is 2. The second-order valence-electron chi connectivity index (χ2n) is 7.44. The van der Waals surface area contributed by atoms with E-state index in [1.807, 2.05) is 5.38 Å². The van der Waals surface area contributed by atoms with Crippen molar-refractivity contribution in [2.45, 2.75) is 57.0 Å². The summed E-state index contributed by atoms with van der Waals surface area (Å²) in [5, 5.41) is 5.60. The van der Waals surface area contributed by atoms with Gasteiger partial charge in [0.05, 0.1) is 11.7 Å². The zero-order chi connectivity index (χ0) is 18.6. The second-order valence-corrected chi connectivity index (χ2v) is 8.34. The van der Waals surface area contributed by atoms with Crippen LogP contribution in [0.4, 0.5) is 0 Å². The Kier molecular flexibility index (Phi) is 6.09. The van der Waals surface area contributed by atoms with Crippen LogP contribution in [0.25, 0.3) is 10.2 Å². The predicted octanol–water partition coefficient (Wildman–Crippen LogP) is 2.62. The van der Waals surface area contributed by atoms with Crippen LogP contribution in [0.1, 0.15) is 44.9 Å². The first kappa shape index (κ1) is 19.0. The highest BCUT2D eigenvalue weighted by Gasteiger charge is 2.33. The first-order valence-corrected chi connectivity index (χ1v) is 10.3. The molecule has 0 saturated heterocycles. The summed E-state index contributed by atoms with van der Waals surface area (Å²) in [5.41, 5.74) is -0.0160. The monoisotopic (exact) mass is 376 g/mol. The molecule has 0 atom stereocenters. The lowest BCUT2D eigenvalue weighted by atomic mass is 9.88. The maximum Gasteiger partial charge on any atom is 0.262 e. The van der Waals surface area contributed by atoms with Gasteiger partial charge in [0.15, 0.2) is 0 Å². The van der Waals surface area contributed by atoms with E-state index in [0.717, 1.165) is 17.7 Å². The van der Waals surface area contributed by atoms with Gasteiger partial charge in [-0.15, -0.1) is 11.3 Å². The van der Waals surface area contributed by atoms with Crippen LogP contribution in [-0.4, -0.2) is 46.5 Å². The number of nitrogens with zero attached hydrogens (tertiary/aromatic N) is 3.